The molecule has 1 aromatic rings. The molecule has 1 saturated heterocycles. The van der Waals surface area contributed by atoms with Crippen molar-refractivity contribution in [2.75, 3.05) is 26.7 Å². The molecule has 4 heteroatoms. The number of likely N-dealkylation sites (tertiary alicyclic amines) is 1. The van der Waals surface area contributed by atoms with Crippen LogP contribution < -0.4 is 0 Å². The van der Waals surface area contributed by atoms with Gasteiger partial charge in [-0.2, -0.15) is 0 Å². The SMILES string of the molecule is CN(CCCC1CCCC1)C(=O)CN1C[C@H](Cc2ccccc2)CC1=O. The number of carbonyl (C=O) groups excluding carboxylic acids is 2. The molecule has 0 radical (unpaired) electrons. The Bertz CT molecular complexity index is 595. The van der Waals surface area contributed by atoms with Gasteiger partial charge >= 0.3 is 0 Å². The number of benzene rings is 1. The van der Waals surface area contributed by atoms with Crippen LogP contribution in [0, 0.1) is 11.8 Å². The van der Waals surface area contributed by atoms with Crippen molar-refractivity contribution in [3.8, 4) is 0 Å². The van der Waals surface area contributed by atoms with Gasteiger partial charge in [-0.3, -0.25) is 9.59 Å². The topological polar surface area (TPSA) is 40.6 Å². The second-order valence-corrected chi connectivity index (χ2v) is 8.14. The summed E-state index contributed by atoms with van der Waals surface area (Å²) in [7, 11) is 1.87. The molecule has 1 aromatic carbocycles. The molecule has 0 aromatic heterocycles. The summed E-state index contributed by atoms with van der Waals surface area (Å²) in [5.41, 5.74) is 1.27. The van der Waals surface area contributed by atoms with E-state index in [1.54, 1.807) is 4.90 Å². The lowest BCUT2D eigenvalue weighted by molar-refractivity contribution is -0.137. The van der Waals surface area contributed by atoms with E-state index in [9.17, 15) is 9.59 Å². The van der Waals surface area contributed by atoms with Gasteiger partial charge in [-0.15, -0.1) is 0 Å². The smallest absolute Gasteiger partial charge is 0.241 e. The van der Waals surface area contributed by atoms with Crippen molar-refractivity contribution in [2.45, 2.75) is 51.4 Å². The highest BCUT2D eigenvalue weighted by Crippen LogP contribution is 2.28. The number of nitrogens with zero attached hydrogens (tertiary/aromatic N) is 2. The highest BCUT2D eigenvalue weighted by molar-refractivity contribution is 5.86. The molecule has 3 rings (SSSR count). The molecule has 1 atom stereocenters. The first-order chi connectivity index (χ1) is 12.6. The Hall–Kier alpha value is -1.84. The Balaban J connectivity index is 1.39. The zero-order valence-corrected chi connectivity index (χ0v) is 16.0. The van der Waals surface area contributed by atoms with Crippen LogP contribution in [0.5, 0.6) is 0 Å². The van der Waals surface area contributed by atoms with E-state index in [-0.39, 0.29) is 18.4 Å². The predicted octanol–water partition coefficient (Wildman–Crippen LogP) is 3.51. The van der Waals surface area contributed by atoms with Gasteiger partial charge in [0.1, 0.15) is 0 Å². The Kier molecular flexibility index (Phi) is 6.70. The molecule has 26 heavy (non-hydrogen) atoms. The van der Waals surface area contributed by atoms with Crippen LogP contribution in [0.4, 0.5) is 0 Å². The second-order valence-electron chi connectivity index (χ2n) is 8.14. The van der Waals surface area contributed by atoms with Crippen LogP contribution in [-0.2, 0) is 16.0 Å². The van der Waals surface area contributed by atoms with Crippen molar-refractivity contribution in [3.05, 3.63) is 35.9 Å². The van der Waals surface area contributed by atoms with E-state index >= 15 is 0 Å². The van der Waals surface area contributed by atoms with Gasteiger partial charge in [-0.05, 0) is 36.7 Å². The molecule has 2 fully saturated rings. The summed E-state index contributed by atoms with van der Waals surface area (Å²) in [6.07, 6.45) is 9.27. The van der Waals surface area contributed by atoms with Crippen LogP contribution in [0.2, 0.25) is 0 Å². The molecule has 0 N–H and O–H groups in total. The third kappa shape index (κ3) is 5.33. The van der Waals surface area contributed by atoms with Gasteiger partial charge in [0.25, 0.3) is 0 Å². The fraction of sp³-hybridized carbons (Fsp3) is 0.636. The first-order valence-electron chi connectivity index (χ1n) is 10.2. The maximum atomic E-state index is 12.5. The average Bonchev–Trinajstić information content (AvgIpc) is 3.26. The summed E-state index contributed by atoms with van der Waals surface area (Å²) in [4.78, 5) is 28.3. The van der Waals surface area contributed by atoms with Crippen molar-refractivity contribution in [3.63, 3.8) is 0 Å². The number of carbonyl (C=O) groups is 2. The van der Waals surface area contributed by atoms with Crippen molar-refractivity contribution >= 4 is 11.8 Å². The molecule has 1 heterocycles. The number of likely N-dealkylation sites (N-methyl/N-ethyl adjacent to an activating group) is 1. The first-order valence-corrected chi connectivity index (χ1v) is 10.2. The van der Waals surface area contributed by atoms with E-state index < -0.39 is 0 Å². The van der Waals surface area contributed by atoms with E-state index in [0.717, 1.165) is 25.3 Å². The Morgan fingerprint density at radius 1 is 1.15 bits per heavy atom. The van der Waals surface area contributed by atoms with Gasteiger partial charge in [-0.25, -0.2) is 0 Å². The minimum absolute atomic E-state index is 0.0742. The zero-order chi connectivity index (χ0) is 18.4. The van der Waals surface area contributed by atoms with E-state index in [2.05, 4.69) is 12.1 Å². The average molecular weight is 357 g/mol. The van der Waals surface area contributed by atoms with Crippen molar-refractivity contribution in [1.82, 2.24) is 9.80 Å². The van der Waals surface area contributed by atoms with Gasteiger partial charge in [0, 0.05) is 26.6 Å². The molecule has 0 spiro atoms. The van der Waals surface area contributed by atoms with Gasteiger partial charge in [0.15, 0.2) is 0 Å². The lowest BCUT2D eigenvalue weighted by Gasteiger charge is -2.22. The maximum Gasteiger partial charge on any atom is 0.241 e. The lowest BCUT2D eigenvalue weighted by Crippen LogP contribution is -2.39. The highest BCUT2D eigenvalue weighted by atomic mass is 16.2. The van der Waals surface area contributed by atoms with Crippen LogP contribution in [0.1, 0.15) is 50.5 Å². The number of rotatable bonds is 8. The van der Waals surface area contributed by atoms with E-state index in [1.807, 2.05) is 30.1 Å². The molecular weight excluding hydrogens is 324 g/mol. The molecule has 0 bridgehead atoms. The lowest BCUT2D eigenvalue weighted by atomic mass is 9.99. The molecule has 1 aliphatic heterocycles. The van der Waals surface area contributed by atoms with Crippen LogP contribution in [0.25, 0.3) is 0 Å². The van der Waals surface area contributed by atoms with Crippen LogP contribution >= 0.6 is 0 Å². The van der Waals surface area contributed by atoms with Crippen molar-refractivity contribution < 1.29 is 9.59 Å². The van der Waals surface area contributed by atoms with Crippen molar-refractivity contribution in [2.24, 2.45) is 11.8 Å². The number of hydrogen-bond acceptors (Lipinski definition) is 2. The van der Waals surface area contributed by atoms with E-state index in [1.165, 1.54) is 37.7 Å². The van der Waals surface area contributed by atoms with Gasteiger partial charge < -0.3 is 9.80 Å². The van der Waals surface area contributed by atoms with Gasteiger partial charge in [0.2, 0.25) is 11.8 Å². The third-order valence-electron chi connectivity index (χ3n) is 5.99. The van der Waals surface area contributed by atoms with Gasteiger partial charge in [0.05, 0.1) is 6.54 Å². The summed E-state index contributed by atoms with van der Waals surface area (Å²) in [6.45, 7) is 1.75. The maximum absolute atomic E-state index is 12.5. The fourth-order valence-corrected chi connectivity index (χ4v) is 4.42. The first kappa shape index (κ1) is 18.9. The van der Waals surface area contributed by atoms with E-state index in [0.29, 0.717) is 18.9 Å². The minimum atomic E-state index is 0.0742. The highest BCUT2D eigenvalue weighted by Gasteiger charge is 2.31. The molecule has 1 aliphatic carbocycles. The van der Waals surface area contributed by atoms with Crippen LogP contribution in [0.3, 0.4) is 0 Å². The second kappa shape index (κ2) is 9.20. The van der Waals surface area contributed by atoms with Crippen LogP contribution in [-0.4, -0.2) is 48.3 Å². The summed E-state index contributed by atoms with van der Waals surface area (Å²) in [5.74, 6) is 1.39. The summed E-state index contributed by atoms with van der Waals surface area (Å²) in [6, 6.07) is 10.3. The Morgan fingerprint density at radius 3 is 2.62 bits per heavy atom. The molecule has 2 aliphatic rings. The largest absolute Gasteiger partial charge is 0.344 e. The fourth-order valence-electron chi connectivity index (χ4n) is 4.42. The Labute approximate surface area is 157 Å². The van der Waals surface area contributed by atoms with E-state index in [4.69, 9.17) is 0 Å². The molecule has 142 valence electrons. The monoisotopic (exact) mass is 356 g/mol. The van der Waals surface area contributed by atoms with Crippen LogP contribution in [0.15, 0.2) is 30.3 Å². The standard InChI is InChI=1S/C22H32N2O2/c1-23(13-7-12-18-8-5-6-9-18)22(26)17-24-16-20(15-21(24)25)14-19-10-3-2-4-11-19/h2-4,10-11,18,20H,5-9,12-17H2,1H3/t20-/m1/s1. The summed E-state index contributed by atoms with van der Waals surface area (Å²) >= 11 is 0. The minimum Gasteiger partial charge on any atom is -0.344 e. The zero-order valence-electron chi connectivity index (χ0n) is 16.0. The number of hydrogen-bond donors (Lipinski definition) is 0. The summed E-state index contributed by atoms with van der Waals surface area (Å²) in [5, 5.41) is 0. The number of amides is 2. The molecular formula is C22H32N2O2. The molecule has 2 amide bonds. The normalized spacial score (nSPS) is 20.7. The third-order valence-corrected chi connectivity index (χ3v) is 5.99. The van der Waals surface area contributed by atoms with Gasteiger partial charge in [-0.1, -0.05) is 56.0 Å². The molecule has 0 unspecified atom stereocenters. The molecule has 1 saturated carbocycles. The Morgan fingerprint density at radius 2 is 1.88 bits per heavy atom. The molecule has 4 nitrogen and oxygen atoms in total. The quantitative estimate of drug-likeness (QED) is 0.715. The predicted molar refractivity (Wildman–Crippen MR) is 104 cm³/mol. The summed E-state index contributed by atoms with van der Waals surface area (Å²) < 4.78 is 0. The van der Waals surface area contributed by atoms with Crippen molar-refractivity contribution in [1.29, 1.82) is 0 Å².